The quantitative estimate of drug-likeness (QED) is 0.875. The molecule has 19 heavy (non-hydrogen) atoms. The second-order valence-electron chi connectivity index (χ2n) is 5.78. The molecule has 0 bridgehead atoms. The highest BCUT2D eigenvalue weighted by atomic mass is 14.9. The Morgan fingerprint density at radius 1 is 1.11 bits per heavy atom. The zero-order valence-corrected chi connectivity index (χ0v) is 12.4. The van der Waals surface area contributed by atoms with Crippen LogP contribution in [-0.4, -0.2) is 17.6 Å². The summed E-state index contributed by atoms with van der Waals surface area (Å²) < 4.78 is 0. The number of hydrogen-bond acceptors (Lipinski definition) is 2. The maximum atomic E-state index is 4.37. The second-order valence-corrected chi connectivity index (χ2v) is 5.78. The van der Waals surface area contributed by atoms with E-state index in [-0.39, 0.29) is 0 Å². The lowest BCUT2D eigenvalue weighted by atomic mass is 9.88. The molecule has 1 heterocycles. The first-order chi connectivity index (χ1) is 9.08. The van der Waals surface area contributed by atoms with Crippen molar-refractivity contribution in [3.8, 4) is 0 Å². The molecule has 0 aliphatic rings. The van der Waals surface area contributed by atoms with Gasteiger partial charge in [-0.15, -0.1) is 0 Å². The Hall–Kier alpha value is -1.41. The highest BCUT2D eigenvalue weighted by Crippen LogP contribution is 2.26. The maximum Gasteiger partial charge on any atom is 0.0702 e. The Bertz CT molecular complexity index is 534. The molecule has 1 aromatic heterocycles. The third-order valence-electron chi connectivity index (χ3n) is 3.85. The van der Waals surface area contributed by atoms with Gasteiger partial charge in [-0.05, 0) is 42.1 Å². The molecule has 0 amide bonds. The van der Waals surface area contributed by atoms with Gasteiger partial charge in [0.25, 0.3) is 0 Å². The number of hydrogen-bond donors (Lipinski definition) is 1. The molecule has 0 radical (unpaired) electrons. The van der Waals surface area contributed by atoms with Crippen molar-refractivity contribution >= 4 is 10.9 Å². The molecular weight excluding hydrogens is 232 g/mol. The standard InChI is InChI=1S/C17H24N2/c1-12(2)19-11-13(3)14(4)15-7-8-17-16(10-15)6-5-9-18-17/h5-10,12-14,19H,11H2,1-4H3. The van der Waals surface area contributed by atoms with Gasteiger partial charge in [0, 0.05) is 17.6 Å². The predicted octanol–water partition coefficient (Wildman–Crippen LogP) is 3.97. The third kappa shape index (κ3) is 3.54. The number of aromatic nitrogens is 1. The van der Waals surface area contributed by atoms with E-state index in [4.69, 9.17) is 0 Å². The minimum absolute atomic E-state index is 0.551. The number of fused-ring (bicyclic) bond motifs is 1. The fourth-order valence-corrected chi connectivity index (χ4v) is 2.30. The van der Waals surface area contributed by atoms with E-state index >= 15 is 0 Å². The van der Waals surface area contributed by atoms with Gasteiger partial charge in [0.05, 0.1) is 5.52 Å². The van der Waals surface area contributed by atoms with E-state index in [1.165, 1.54) is 10.9 Å². The van der Waals surface area contributed by atoms with Gasteiger partial charge in [-0.3, -0.25) is 4.98 Å². The van der Waals surface area contributed by atoms with Crippen molar-refractivity contribution in [3.63, 3.8) is 0 Å². The number of rotatable bonds is 5. The van der Waals surface area contributed by atoms with E-state index in [9.17, 15) is 0 Å². The van der Waals surface area contributed by atoms with E-state index in [1.54, 1.807) is 0 Å². The molecule has 0 aliphatic heterocycles. The Morgan fingerprint density at radius 2 is 1.89 bits per heavy atom. The number of pyridine rings is 1. The van der Waals surface area contributed by atoms with Crippen LogP contribution in [0.5, 0.6) is 0 Å². The molecule has 2 rings (SSSR count). The normalized spacial score (nSPS) is 14.8. The molecule has 0 aliphatic carbocycles. The first-order valence-corrected chi connectivity index (χ1v) is 7.16. The van der Waals surface area contributed by atoms with E-state index < -0.39 is 0 Å². The van der Waals surface area contributed by atoms with Crippen LogP contribution < -0.4 is 5.32 Å². The van der Waals surface area contributed by atoms with Gasteiger partial charge < -0.3 is 5.32 Å². The summed E-state index contributed by atoms with van der Waals surface area (Å²) in [5.41, 5.74) is 2.48. The first kappa shape index (κ1) is 14.0. The zero-order valence-electron chi connectivity index (χ0n) is 12.4. The van der Waals surface area contributed by atoms with Gasteiger partial charge in [-0.25, -0.2) is 0 Å². The molecule has 2 nitrogen and oxygen atoms in total. The summed E-state index contributed by atoms with van der Waals surface area (Å²) in [5.74, 6) is 1.17. The summed E-state index contributed by atoms with van der Waals surface area (Å²) in [7, 11) is 0. The van der Waals surface area contributed by atoms with Crippen LogP contribution in [0.3, 0.4) is 0 Å². The summed E-state index contributed by atoms with van der Waals surface area (Å²) >= 11 is 0. The average molecular weight is 256 g/mol. The molecule has 0 spiro atoms. The number of nitrogens with zero attached hydrogens (tertiary/aromatic N) is 1. The first-order valence-electron chi connectivity index (χ1n) is 7.16. The van der Waals surface area contributed by atoms with Crippen LogP contribution in [0.25, 0.3) is 10.9 Å². The largest absolute Gasteiger partial charge is 0.314 e. The third-order valence-corrected chi connectivity index (χ3v) is 3.85. The van der Waals surface area contributed by atoms with Crippen molar-refractivity contribution < 1.29 is 0 Å². The Morgan fingerprint density at radius 3 is 2.63 bits per heavy atom. The predicted molar refractivity (Wildman–Crippen MR) is 82.5 cm³/mol. The monoisotopic (exact) mass is 256 g/mol. The van der Waals surface area contributed by atoms with Gasteiger partial charge >= 0.3 is 0 Å². The molecule has 2 heteroatoms. The molecule has 0 saturated heterocycles. The molecule has 1 aromatic carbocycles. The lowest BCUT2D eigenvalue weighted by molar-refractivity contribution is 0.426. The van der Waals surface area contributed by atoms with Crippen molar-refractivity contribution in [2.45, 2.75) is 39.7 Å². The van der Waals surface area contributed by atoms with Crippen molar-refractivity contribution in [1.29, 1.82) is 0 Å². The molecule has 2 unspecified atom stereocenters. The number of benzene rings is 1. The van der Waals surface area contributed by atoms with Gasteiger partial charge in [0.1, 0.15) is 0 Å². The Kier molecular flexibility index (Phi) is 4.54. The minimum atomic E-state index is 0.551. The zero-order chi connectivity index (χ0) is 13.8. The van der Waals surface area contributed by atoms with Crippen LogP contribution in [0.4, 0.5) is 0 Å². The molecule has 0 fully saturated rings. The van der Waals surface area contributed by atoms with Crippen LogP contribution in [-0.2, 0) is 0 Å². The summed E-state index contributed by atoms with van der Waals surface area (Å²) in [6.07, 6.45) is 1.85. The molecule has 2 atom stereocenters. The van der Waals surface area contributed by atoms with E-state index in [1.807, 2.05) is 12.3 Å². The van der Waals surface area contributed by atoms with E-state index in [0.29, 0.717) is 17.9 Å². The highest BCUT2D eigenvalue weighted by Gasteiger charge is 2.14. The SMILES string of the molecule is CC(C)NCC(C)C(C)c1ccc2ncccc2c1. The molecule has 1 N–H and O–H groups in total. The molecule has 0 saturated carbocycles. The second kappa shape index (κ2) is 6.16. The van der Waals surface area contributed by atoms with Crippen LogP contribution in [0, 0.1) is 5.92 Å². The summed E-state index contributed by atoms with van der Waals surface area (Å²) in [5, 5.41) is 4.75. The van der Waals surface area contributed by atoms with Crippen molar-refractivity contribution in [1.82, 2.24) is 10.3 Å². The van der Waals surface area contributed by atoms with Gasteiger partial charge in [-0.1, -0.05) is 39.8 Å². The maximum absolute atomic E-state index is 4.37. The fourth-order valence-electron chi connectivity index (χ4n) is 2.30. The van der Waals surface area contributed by atoms with Gasteiger partial charge in [0.2, 0.25) is 0 Å². The van der Waals surface area contributed by atoms with Crippen LogP contribution in [0.15, 0.2) is 36.5 Å². The molecule has 102 valence electrons. The molecular formula is C17H24N2. The van der Waals surface area contributed by atoms with Gasteiger partial charge in [-0.2, -0.15) is 0 Å². The van der Waals surface area contributed by atoms with Crippen molar-refractivity contribution in [3.05, 3.63) is 42.1 Å². The average Bonchev–Trinajstić information content (AvgIpc) is 2.43. The van der Waals surface area contributed by atoms with Crippen LogP contribution in [0.2, 0.25) is 0 Å². The van der Waals surface area contributed by atoms with E-state index in [2.05, 4.69) is 62.3 Å². The summed E-state index contributed by atoms with van der Waals surface area (Å²) in [6, 6.07) is 11.3. The summed E-state index contributed by atoms with van der Waals surface area (Å²) in [6.45, 7) is 10.1. The summed E-state index contributed by atoms with van der Waals surface area (Å²) in [4.78, 5) is 4.37. The highest BCUT2D eigenvalue weighted by molar-refractivity contribution is 5.79. The minimum Gasteiger partial charge on any atom is -0.314 e. The van der Waals surface area contributed by atoms with Crippen LogP contribution in [0.1, 0.15) is 39.2 Å². The fraction of sp³-hybridized carbons (Fsp3) is 0.471. The van der Waals surface area contributed by atoms with Crippen molar-refractivity contribution in [2.24, 2.45) is 5.92 Å². The molecule has 2 aromatic rings. The number of nitrogens with one attached hydrogen (secondary N) is 1. The van der Waals surface area contributed by atoms with Crippen molar-refractivity contribution in [2.75, 3.05) is 6.54 Å². The van der Waals surface area contributed by atoms with Gasteiger partial charge in [0.15, 0.2) is 0 Å². The lowest BCUT2D eigenvalue weighted by Crippen LogP contribution is -2.29. The van der Waals surface area contributed by atoms with E-state index in [0.717, 1.165) is 12.1 Å². The smallest absolute Gasteiger partial charge is 0.0702 e. The lowest BCUT2D eigenvalue weighted by Gasteiger charge is -2.22. The Balaban J connectivity index is 2.14. The topological polar surface area (TPSA) is 24.9 Å². The van der Waals surface area contributed by atoms with Crippen LogP contribution >= 0.6 is 0 Å². The Labute approximate surface area is 116 Å².